The van der Waals surface area contributed by atoms with Crippen LogP contribution in [0.1, 0.15) is 52.4 Å². The summed E-state index contributed by atoms with van der Waals surface area (Å²) < 4.78 is 1.56. The minimum absolute atomic E-state index is 0.133. The minimum Gasteiger partial charge on any atom is -0.338 e. The van der Waals surface area contributed by atoms with Crippen LogP contribution in [0.15, 0.2) is 23.1 Å². The number of hydrogen-bond acceptors (Lipinski definition) is 7. The second kappa shape index (κ2) is 11.1. The zero-order chi connectivity index (χ0) is 25.9. The van der Waals surface area contributed by atoms with Crippen molar-refractivity contribution in [1.82, 2.24) is 24.7 Å². The lowest BCUT2D eigenvalue weighted by Gasteiger charge is -2.37. The number of piperazine rings is 1. The molecule has 6 N–H and O–H groups in total. The molecule has 1 aromatic rings. The van der Waals surface area contributed by atoms with Gasteiger partial charge in [-0.15, -0.1) is 0 Å². The average molecular weight is 501 g/mol. The summed E-state index contributed by atoms with van der Waals surface area (Å²) in [6.45, 7) is 5.94. The summed E-state index contributed by atoms with van der Waals surface area (Å²) in [6, 6.07) is 2.17. The first-order valence-electron chi connectivity index (χ1n) is 13.0. The smallest absolute Gasteiger partial charge is 0.338 e. The van der Waals surface area contributed by atoms with Gasteiger partial charge in [-0.2, -0.15) is 4.98 Å². The monoisotopic (exact) mass is 500 g/mol. The largest absolute Gasteiger partial charge is 0.353 e. The van der Waals surface area contributed by atoms with Gasteiger partial charge in [0.05, 0.1) is 5.54 Å². The Kier molecular flexibility index (Phi) is 8.11. The standard InChI is InChI=1S/C25H40N8O3/c1-25(2,27)22(34)31-11-13-32(14-12-31)23(35)29-21-9-10-33(24(36)30-21)20-7-3-17(4-8-20)16-28-19-6-5-18(26)15-19/h7,9-10,17-19,28H,3-6,8,11-16,26-27H2,1-2H3,(H,29,30,35,36). The topological polar surface area (TPSA) is 152 Å². The Morgan fingerprint density at radius 3 is 2.44 bits per heavy atom. The molecule has 1 aromatic heterocycles. The number of rotatable bonds is 6. The molecule has 0 aromatic carbocycles. The van der Waals surface area contributed by atoms with Crippen LogP contribution in [0.25, 0.3) is 5.70 Å². The van der Waals surface area contributed by atoms with Gasteiger partial charge in [-0.1, -0.05) is 6.08 Å². The van der Waals surface area contributed by atoms with Gasteiger partial charge in [0.25, 0.3) is 0 Å². The van der Waals surface area contributed by atoms with Gasteiger partial charge in [-0.3, -0.25) is 14.7 Å². The summed E-state index contributed by atoms with van der Waals surface area (Å²) in [6.07, 6.45) is 9.86. The van der Waals surface area contributed by atoms with E-state index in [0.717, 1.165) is 50.8 Å². The lowest BCUT2D eigenvalue weighted by Crippen LogP contribution is -2.58. The maximum absolute atomic E-state index is 12.7. The quantitative estimate of drug-likeness (QED) is 0.450. The van der Waals surface area contributed by atoms with E-state index in [1.807, 2.05) is 0 Å². The highest BCUT2D eigenvalue weighted by Gasteiger charge is 2.31. The molecule has 0 spiro atoms. The number of carbonyl (C=O) groups is 2. The van der Waals surface area contributed by atoms with Crippen molar-refractivity contribution in [3.8, 4) is 0 Å². The van der Waals surface area contributed by atoms with Gasteiger partial charge in [-0.25, -0.2) is 9.59 Å². The Hall–Kier alpha value is -2.76. The molecule has 198 valence electrons. The third-order valence-corrected chi connectivity index (χ3v) is 7.42. The van der Waals surface area contributed by atoms with Gasteiger partial charge in [0, 0.05) is 50.2 Å². The molecule has 1 aliphatic heterocycles. The highest BCUT2D eigenvalue weighted by Crippen LogP contribution is 2.26. The Morgan fingerprint density at radius 2 is 1.86 bits per heavy atom. The highest BCUT2D eigenvalue weighted by atomic mass is 16.2. The lowest BCUT2D eigenvalue weighted by molar-refractivity contribution is -0.137. The molecule has 0 bridgehead atoms. The fraction of sp³-hybridized carbons (Fsp3) is 0.680. The third-order valence-electron chi connectivity index (χ3n) is 7.42. The molecule has 3 aliphatic rings. The SMILES string of the molecule is CC(C)(N)C(=O)N1CCN(C(=O)Nc2ccn(C3=CCC(CNC4CCC(N)C4)CC3)c(=O)n2)CC1. The fourth-order valence-corrected chi connectivity index (χ4v) is 5.21. The average Bonchev–Trinajstić information content (AvgIpc) is 3.27. The van der Waals surface area contributed by atoms with Crippen LogP contribution in [0.3, 0.4) is 0 Å². The van der Waals surface area contributed by atoms with Crippen LogP contribution in [0.4, 0.5) is 10.6 Å². The predicted molar refractivity (Wildman–Crippen MR) is 139 cm³/mol. The maximum Gasteiger partial charge on any atom is 0.353 e. The van der Waals surface area contributed by atoms with E-state index in [0.29, 0.717) is 44.2 Å². The zero-order valence-electron chi connectivity index (χ0n) is 21.4. The van der Waals surface area contributed by atoms with E-state index in [-0.39, 0.29) is 17.8 Å². The number of nitrogens with one attached hydrogen (secondary N) is 2. The Balaban J connectivity index is 1.26. The van der Waals surface area contributed by atoms with E-state index >= 15 is 0 Å². The van der Waals surface area contributed by atoms with Crippen molar-refractivity contribution in [2.24, 2.45) is 17.4 Å². The summed E-state index contributed by atoms with van der Waals surface area (Å²) in [4.78, 5) is 45.0. The molecule has 11 nitrogen and oxygen atoms in total. The van der Waals surface area contributed by atoms with E-state index in [9.17, 15) is 14.4 Å². The van der Waals surface area contributed by atoms with Crippen LogP contribution < -0.4 is 27.8 Å². The molecule has 3 unspecified atom stereocenters. The van der Waals surface area contributed by atoms with E-state index < -0.39 is 11.2 Å². The summed E-state index contributed by atoms with van der Waals surface area (Å²) in [5, 5.41) is 6.36. The lowest BCUT2D eigenvalue weighted by atomic mass is 9.92. The Labute approximate surface area is 212 Å². The predicted octanol–water partition coefficient (Wildman–Crippen LogP) is 0.767. The van der Waals surface area contributed by atoms with Crippen LogP contribution in [0, 0.1) is 5.92 Å². The molecule has 1 saturated heterocycles. The van der Waals surface area contributed by atoms with Crippen molar-refractivity contribution in [3.05, 3.63) is 28.8 Å². The molecule has 3 atom stereocenters. The first-order chi connectivity index (χ1) is 17.1. The summed E-state index contributed by atoms with van der Waals surface area (Å²) in [7, 11) is 0. The molecule has 3 amide bonds. The van der Waals surface area contributed by atoms with Crippen molar-refractivity contribution >= 4 is 23.5 Å². The summed E-state index contributed by atoms with van der Waals surface area (Å²) >= 11 is 0. The summed E-state index contributed by atoms with van der Waals surface area (Å²) in [5.74, 6) is 0.640. The molecule has 2 heterocycles. The fourth-order valence-electron chi connectivity index (χ4n) is 5.21. The number of carbonyl (C=O) groups excluding carboxylic acids is 2. The van der Waals surface area contributed by atoms with Gasteiger partial charge in [0.1, 0.15) is 5.82 Å². The molecular weight excluding hydrogens is 460 g/mol. The number of aromatic nitrogens is 2. The molecule has 1 saturated carbocycles. The van der Waals surface area contributed by atoms with Crippen molar-refractivity contribution in [3.63, 3.8) is 0 Å². The number of nitrogens with zero attached hydrogens (tertiary/aromatic N) is 4. The molecular formula is C25H40N8O3. The molecule has 11 heteroatoms. The van der Waals surface area contributed by atoms with E-state index in [1.54, 1.807) is 40.5 Å². The normalized spacial score (nSPS) is 25.0. The van der Waals surface area contributed by atoms with Crippen molar-refractivity contribution in [1.29, 1.82) is 0 Å². The van der Waals surface area contributed by atoms with Gasteiger partial charge in [0.2, 0.25) is 5.91 Å². The Bertz CT molecular complexity index is 1040. The highest BCUT2D eigenvalue weighted by molar-refractivity contribution is 5.89. The van der Waals surface area contributed by atoms with Crippen molar-refractivity contribution < 1.29 is 9.59 Å². The number of amides is 3. The summed E-state index contributed by atoms with van der Waals surface area (Å²) in [5.41, 5.74) is 11.5. The van der Waals surface area contributed by atoms with Gasteiger partial charge in [0.15, 0.2) is 0 Å². The first kappa shape index (κ1) is 26.3. The third kappa shape index (κ3) is 6.51. The molecule has 4 rings (SSSR count). The minimum atomic E-state index is -0.937. The number of urea groups is 1. The van der Waals surface area contributed by atoms with Crippen LogP contribution >= 0.6 is 0 Å². The van der Waals surface area contributed by atoms with Crippen molar-refractivity contribution in [2.75, 3.05) is 38.0 Å². The Morgan fingerprint density at radius 1 is 1.14 bits per heavy atom. The number of nitrogens with two attached hydrogens (primary N) is 2. The second-order valence-corrected chi connectivity index (χ2v) is 10.9. The number of allylic oxidation sites excluding steroid dienone is 2. The van der Waals surface area contributed by atoms with E-state index in [2.05, 4.69) is 21.7 Å². The van der Waals surface area contributed by atoms with Gasteiger partial charge < -0.3 is 26.6 Å². The van der Waals surface area contributed by atoms with Gasteiger partial charge in [-0.05, 0) is 70.9 Å². The zero-order valence-corrected chi connectivity index (χ0v) is 21.4. The number of hydrogen-bond donors (Lipinski definition) is 4. The first-order valence-corrected chi connectivity index (χ1v) is 13.0. The van der Waals surface area contributed by atoms with Crippen LogP contribution in [-0.2, 0) is 4.79 Å². The number of anilines is 1. The van der Waals surface area contributed by atoms with E-state index in [4.69, 9.17) is 11.5 Å². The van der Waals surface area contributed by atoms with Crippen molar-refractivity contribution in [2.45, 2.75) is 70.0 Å². The van der Waals surface area contributed by atoms with Gasteiger partial charge >= 0.3 is 11.7 Å². The molecule has 2 fully saturated rings. The second-order valence-electron chi connectivity index (χ2n) is 10.9. The maximum atomic E-state index is 12.7. The van der Waals surface area contributed by atoms with Crippen LogP contribution in [-0.4, -0.2) is 81.6 Å². The molecule has 0 radical (unpaired) electrons. The van der Waals surface area contributed by atoms with Crippen LogP contribution in [0.2, 0.25) is 0 Å². The van der Waals surface area contributed by atoms with E-state index in [1.165, 1.54) is 0 Å². The molecule has 36 heavy (non-hydrogen) atoms. The van der Waals surface area contributed by atoms with Crippen LogP contribution in [0.5, 0.6) is 0 Å². The molecule has 2 aliphatic carbocycles.